The van der Waals surface area contributed by atoms with E-state index >= 15 is 0 Å². The molecule has 1 aromatic heterocycles. The summed E-state index contributed by atoms with van der Waals surface area (Å²) in [5, 5.41) is 2.97. The van der Waals surface area contributed by atoms with E-state index in [9.17, 15) is 4.39 Å². The van der Waals surface area contributed by atoms with Crippen molar-refractivity contribution in [2.24, 2.45) is 0 Å². The van der Waals surface area contributed by atoms with Gasteiger partial charge >= 0.3 is 0 Å². The number of nitrogens with zero attached hydrogens (tertiary/aromatic N) is 2. The van der Waals surface area contributed by atoms with Crippen LogP contribution in [0.5, 0.6) is 5.75 Å². The summed E-state index contributed by atoms with van der Waals surface area (Å²) in [5.74, 6) is 0.736. The molecule has 1 aromatic carbocycles. The maximum Gasteiger partial charge on any atom is 0.204 e. The van der Waals surface area contributed by atoms with Crippen molar-refractivity contribution >= 4 is 17.3 Å². The number of benzene rings is 1. The van der Waals surface area contributed by atoms with E-state index in [2.05, 4.69) is 15.3 Å². The van der Waals surface area contributed by atoms with Gasteiger partial charge in [0.2, 0.25) is 5.75 Å². The predicted molar refractivity (Wildman–Crippen MR) is 62.7 cm³/mol. The molecule has 1 heterocycles. The maximum atomic E-state index is 12.7. The van der Waals surface area contributed by atoms with Crippen LogP contribution < -0.4 is 15.8 Å². The van der Waals surface area contributed by atoms with Crippen molar-refractivity contribution in [3.05, 3.63) is 36.4 Å². The average Bonchev–Trinajstić information content (AvgIpc) is 2.32. The molecule has 0 amide bonds. The number of ether oxygens (including phenoxy) is 1. The SMILES string of the molecule is COc1c(N)ncnc1Nc1ccc(F)cc1. The molecule has 0 radical (unpaired) electrons. The average molecular weight is 234 g/mol. The molecule has 0 aliphatic carbocycles. The second kappa shape index (κ2) is 4.65. The van der Waals surface area contributed by atoms with E-state index in [4.69, 9.17) is 10.5 Å². The number of aromatic nitrogens is 2. The van der Waals surface area contributed by atoms with Crippen molar-refractivity contribution in [3.63, 3.8) is 0 Å². The van der Waals surface area contributed by atoms with Crippen LogP contribution >= 0.6 is 0 Å². The second-order valence-corrected chi connectivity index (χ2v) is 3.27. The van der Waals surface area contributed by atoms with Crippen molar-refractivity contribution in [1.29, 1.82) is 0 Å². The first-order valence-corrected chi connectivity index (χ1v) is 4.88. The van der Waals surface area contributed by atoms with Gasteiger partial charge in [-0.2, -0.15) is 0 Å². The Morgan fingerprint density at radius 1 is 1.24 bits per heavy atom. The van der Waals surface area contributed by atoms with Crippen LogP contribution in [-0.2, 0) is 0 Å². The van der Waals surface area contributed by atoms with Gasteiger partial charge in [-0.05, 0) is 24.3 Å². The van der Waals surface area contributed by atoms with Gasteiger partial charge in [0.05, 0.1) is 7.11 Å². The minimum atomic E-state index is -0.301. The quantitative estimate of drug-likeness (QED) is 0.849. The zero-order chi connectivity index (χ0) is 12.3. The van der Waals surface area contributed by atoms with Crippen LogP contribution in [0.1, 0.15) is 0 Å². The highest BCUT2D eigenvalue weighted by atomic mass is 19.1. The van der Waals surface area contributed by atoms with Crippen molar-refractivity contribution in [2.75, 3.05) is 18.2 Å². The summed E-state index contributed by atoms with van der Waals surface area (Å²) in [6, 6.07) is 5.87. The van der Waals surface area contributed by atoms with Crippen LogP contribution in [0.2, 0.25) is 0 Å². The molecule has 0 bridgehead atoms. The highest BCUT2D eigenvalue weighted by Crippen LogP contribution is 2.28. The Morgan fingerprint density at radius 2 is 1.94 bits per heavy atom. The lowest BCUT2D eigenvalue weighted by molar-refractivity contribution is 0.415. The van der Waals surface area contributed by atoms with Gasteiger partial charge in [0, 0.05) is 5.69 Å². The van der Waals surface area contributed by atoms with Crippen LogP contribution in [0.25, 0.3) is 0 Å². The molecule has 0 fully saturated rings. The fourth-order valence-corrected chi connectivity index (χ4v) is 1.35. The smallest absolute Gasteiger partial charge is 0.204 e. The molecule has 2 aromatic rings. The van der Waals surface area contributed by atoms with Crippen molar-refractivity contribution in [2.45, 2.75) is 0 Å². The number of hydrogen-bond acceptors (Lipinski definition) is 5. The lowest BCUT2D eigenvalue weighted by Gasteiger charge is -2.10. The van der Waals surface area contributed by atoms with Gasteiger partial charge in [-0.25, -0.2) is 14.4 Å². The molecule has 0 spiro atoms. The third-order valence-corrected chi connectivity index (χ3v) is 2.14. The number of hydrogen-bond donors (Lipinski definition) is 2. The Kier molecular flexibility index (Phi) is 3.04. The molecule has 17 heavy (non-hydrogen) atoms. The first-order valence-electron chi connectivity index (χ1n) is 4.88. The van der Waals surface area contributed by atoms with Crippen molar-refractivity contribution in [3.8, 4) is 5.75 Å². The number of nitrogen functional groups attached to an aromatic ring is 1. The van der Waals surface area contributed by atoms with E-state index in [0.717, 1.165) is 0 Å². The van der Waals surface area contributed by atoms with E-state index in [1.54, 1.807) is 12.1 Å². The van der Waals surface area contributed by atoms with E-state index in [1.807, 2.05) is 0 Å². The minimum absolute atomic E-state index is 0.243. The molecule has 0 unspecified atom stereocenters. The van der Waals surface area contributed by atoms with E-state index in [0.29, 0.717) is 17.3 Å². The number of nitrogens with one attached hydrogen (secondary N) is 1. The predicted octanol–water partition coefficient (Wildman–Crippen LogP) is 1.95. The molecular formula is C11H11FN4O. The van der Waals surface area contributed by atoms with Gasteiger partial charge in [0.15, 0.2) is 11.6 Å². The number of methoxy groups -OCH3 is 1. The van der Waals surface area contributed by atoms with Gasteiger partial charge in [-0.3, -0.25) is 0 Å². The summed E-state index contributed by atoms with van der Waals surface area (Å²) in [4.78, 5) is 7.82. The first kappa shape index (κ1) is 11.1. The standard InChI is InChI=1S/C11H11FN4O/c1-17-9-10(13)14-6-15-11(9)16-8-4-2-7(12)3-5-8/h2-6H,1H3,(H3,13,14,15,16). The summed E-state index contributed by atoms with van der Waals surface area (Å²) in [6.07, 6.45) is 1.32. The minimum Gasteiger partial charge on any atom is -0.490 e. The van der Waals surface area contributed by atoms with Crippen LogP contribution in [0.3, 0.4) is 0 Å². The fraction of sp³-hybridized carbons (Fsp3) is 0.0909. The lowest BCUT2D eigenvalue weighted by atomic mass is 10.3. The molecular weight excluding hydrogens is 223 g/mol. The summed E-state index contributed by atoms with van der Waals surface area (Å²) in [5.41, 5.74) is 6.32. The Morgan fingerprint density at radius 3 is 2.59 bits per heavy atom. The fourth-order valence-electron chi connectivity index (χ4n) is 1.35. The van der Waals surface area contributed by atoms with E-state index < -0.39 is 0 Å². The van der Waals surface area contributed by atoms with Gasteiger partial charge in [-0.15, -0.1) is 0 Å². The molecule has 3 N–H and O–H groups in total. The molecule has 0 saturated carbocycles. The molecule has 0 saturated heterocycles. The summed E-state index contributed by atoms with van der Waals surface area (Å²) in [7, 11) is 1.48. The van der Waals surface area contributed by atoms with Gasteiger partial charge in [0.1, 0.15) is 12.1 Å². The molecule has 5 nitrogen and oxygen atoms in total. The highest BCUT2D eigenvalue weighted by Gasteiger charge is 2.09. The number of halogens is 1. The Labute approximate surface area is 97.5 Å². The Hall–Kier alpha value is -2.37. The first-order chi connectivity index (χ1) is 8.20. The lowest BCUT2D eigenvalue weighted by Crippen LogP contribution is -2.02. The topological polar surface area (TPSA) is 73.1 Å². The number of anilines is 3. The normalized spacial score (nSPS) is 10.0. The molecule has 0 aliphatic heterocycles. The second-order valence-electron chi connectivity index (χ2n) is 3.27. The zero-order valence-corrected chi connectivity index (χ0v) is 9.14. The van der Waals surface area contributed by atoms with E-state index in [1.165, 1.54) is 25.6 Å². The molecule has 88 valence electrons. The number of nitrogens with two attached hydrogens (primary N) is 1. The molecule has 0 atom stereocenters. The summed E-state index contributed by atoms with van der Waals surface area (Å²) >= 11 is 0. The van der Waals surface area contributed by atoms with Gasteiger partial charge < -0.3 is 15.8 Å². The van der Waals surface area contributed by atoms with E-state index in [-0.39, 0.29) is 11.6 Å². The summed E-state index contributed by atoms with van der Waals surface area (Å²) < 4.78 is 17.8. The summed E-state index contributed by atoms with van der Waals surface area (Å²) in [6.45, 7) is 0. The Balaban J connectivity index is 2.29. The largest absolute Gasteiger partial charge is 0.490 e. The highest BCUT2D eigenvalue weighted by molar-refractivity contribution is 5.67. The third-order valence-electron chi connectivity index (χ3n) is 2.14. The van der Waals surface area contributed by atoms with Crippen LogP contribution in [0.15, 0.2) is 30.6 Å². The van der Waals surface area contributed by atoms with Gasteiger partial charge in [-0.1, -0.05) is 0 Å². The van der Waals surface area contributed by atoms with Gasteiger partial charge in [0.25, 0.3) is 0 Å². The zero-order valence-electron chi connectivity index (χ0n) is 9.14. The van der Waals surface area contributed by atoms with Crippen molar-refractivity contribution in [1.82, 2.24) is 9.97 Å². The third kappa shape index (κ3) is 2.41. The monoisotopic (exact) mass is 234 g/mol. The molecule has 0 aliphatic rings. The number of rotatable bonds is 3. The van der Waals surface area contributed by atoms with Crippen LogP contribution in [0, 0.1) is 5.82 Å². The Bertz CT molecular complexity index is 515. The molecule has 6 heteroatoms. The maximum absolute atomic E-state index is 12.7. The van der Waals surface area contributed by atoms with Crippen LogP contribution in [-0.4, -0.2) is 17.1 Å². The van der Waals surface area contributed by atoms with Crippen molar-refractivity contribution < 1.29 is 9.13 Å². The van der Waals surface area contributed by atoms with Crippen LogP contribution in [0.4, 0.5) is 21.7 Å². The molecule has 2 rings (SSSR count).